The number of aromatic nitrogens is 2. The quantitative estimate of drug-likeness (QED) is 0.906. The lowest BCUT2D eigenvalue weighted by atomic mass is 10.1. The van der Waals surface area contributed by atoms with Gasteiger partial charge >= 0.3 is 5.97 Å². The van der Waals surface area contributed by atoms with Crippen molar-refractivity contribution in [3.63, 3.8) is 0 Å². The fraction of sp³-hybridized carbons (Fsp3) is 0.353. The Morgan fingerprint density at radius 3 is 2.79 bits per heavy atom. The van der Waals surface area contributed by atoms with Crippen molar-refractivity contribution in [2.45, 2.75) is 38.6 Å². The topological polar surface area (TPSA) is 72.2 Å². The van der Waals surface area contributed by atoms with Crippen LogP contribution in [0.15, 0.2) is 23.0 Å². The molecular weight excluding hydrogens is 318 g/mol. The lowest BCUT2D eigenvalue weighted by molar-refractivity contribution is -0.137. The van der Waals surface area contributed by atoms with E-state index in [9.17, 15) is 18.4 Å². The predicted octanol–water partition coefficient (Wildman–Crippen LogP) is 1.88. The van der Waals surface area contributed by atoms with Crippen LogP contribution in [0.1, 0.15) is 29.1 Å². The van der Waals surface area contributed by atoms with E-state index in [-0.39, 0.29) is 30.5 Å². The first kappa shape index (κ1) is 16.3. The number of carbonyl (C=O) groups is 1. The second-order valence-electron chi connectivity index (χ2n) is 5.80. The summed E-state index contributed by atoms with van der Waals surface area (Å²) in [6.07, 6.45) is 2.31. The van der Waals surface area contributed by atoms with Gasteiger partial charge in [0, 0.05) is 17.7 Å². The van der Waals surface area contributed by atoms with Gasteiger partial charge in [-0.15, -0.1) is 0 Å². The van der Waals surface area contributed by atoms with Crippen molar-refractivity contribution in [1.29, 1.82) is 0 Å². The summed E-state index contributed by atoms with van der Waals surface area (Å²) < 4.78 is 28.6. The maximum absolute atomic E-state index is 13.8. The van der Waals surface area contributed by atoms with Crippen molar-refractivity contribution < 1.29 is 18.7 Å². The Kier molecular flexibility index (Phi) is 4.42. The molecule has 1 aliphatic rings. The molecule has 5 nitrogen and oxygen atoms in total. The van der Waals surface area contributed by atoms with Gasteiger partial charge in [0.1, 0.15) is 12.4 Å². The molecule has 0 amide bonds. The summed E-state index contributed by atoms with van der Waals surface area (Å²) in [5, 5.41) is 9.12. The molecule has 0 saturated heterocycles. The minimum absolute atomic E-state index is 0.133. The van der Waals surface area contributed by atoms with Crippen molar-refractivity contribution in [1.82, 2.24) is 9.55 Å². The molecule has 1 heterocycles. The average Bonchev–Trinajstić information content (AvgIpc) is 3.02. The third-order valence-corrected chi connectivity index (χ3v) is 4.26. The first-order valence-electron chi connectivity index (χ1n) is 7.73. The number of nitrogens with zero attached hydrogens (tertiary/aromatic N) is 2. The molecule has 1 aliphatic carbocycles. The third kappa shape index (κ3) is 3.06. The van der Waals surface area contributed by atoms with Crippen molar-refractivity contribution in [3.8, 4) is 0 Å². The van der Waals surface area contributed by atoms with Gasteiger partial charge in [-0.05, 0) is 37.3 Å². The molecule has 0 radical (unpaired) electrons. The maximum atomic E-state index is 13.8. The molecule has 2 aromatic rings. The molecule has 0 atom stereocenters. The van der Waals surface area contributed by atoms with Crippen LogP contribution in [0.3, 0.4) is 0 Å². The SMILES string of the molecule is O=C(O)Cn1c(CCc2cccc(F)c2F)nc(=O)c2c1CCC2. The molecule has 0 spiro atoms. The number of carboxylic acids is 1. The van der Waals surface area contributed by atoms with Crippen molar-refractivity contribution in [2.75, 3.05) is 0 Å². The second-order valence-corrected chi connectivity index (χ2v) is 5.80. The third-order valence-electron chi connectivity index (χ3n) is 4.26. The van der Waals surface area contributed by atoms with Crippen LogP contribution in [0.2, 0.25) is 0 Å². The highest BCUT2D eigenvalue weighted by molar-refractivity contribution is 5.66. The molecule has 7 heteroatoms. The van der Waals surface area contributed by atoms with Crippen LogP contribution in [-0.2, 0) is 37.0 Å². The second kappa shape index (κ2) is 6.51. The van der Waals surface area contributed by atoms with E-state index in [0.29, 0.717) is 29.9 Å². The molecular formula is C17H16F2N2O3. The summed E-state index contributed by atoms with van der Waals surface area (Å²) in [6, 6.07) is 3.91. The number of aryl methyl sites for hydroxylation is 2. The van der Waals surface area contributed by atoms with Gasteiger partial charge < -0.3 is 9.67 Å². The number of aliphatic carboxylic acids is 1. The average molecular weight is 334 g/mol. The molecule has 0 fully saturated rings. The number of fused-ring (bicyclic) bond motifs is 1. The fourth-order valence-corrected chi connectivity index (χ4v) is 3.16. The Hall–Kier alpha value is -2.57. The molecule has 1 aromatic carbocycles. The zero-order valence-corrected chi connectivity index (χ0v) is 12.9. The summed E-state index contributed by atoms with van der Waals surface area (Å²) in [6.45, 7) is -0.295. The van der Waals surface area contributed by atoms with Crippen LogP contribution < -0.4 is 5.56 Å². The molecule has 0 bridgehead atoms. The number of hydrogen-bond acceptors (Lipinski definition) is 3. The maximum Gasteiger partial charge on any atom is 0.323 e. The van der Waals surface area contributed by atoms with Gasteiger partial charge in [-0.1, -0.05) is 12.1 Å². The molecule has 1 aromatic heterocycles. The molecule has 24 heavy (non-hydrogen) atoms. The Labute approximate surface area is 136 Å². The van der Waals surface area contributed by atoms with E-state index < -0.39 is 17.6 Å². The summed E-state index contributed by atoms with van der Waals surface area (Å²) in [5.74, 6) is -2.59. The summed E-state index contributed by atoms with van der Waals surface area (Å²) in [4.78, 5) is 27.2. The van der Waals surface area contributed by atoms with E-state index in [1.165, 1.54) is 16.7 Å². The van der Waals surface area contributed by atoms with Gasteiger partial charge in [0.15, 0.2) is 11.6 Å². The Morgan fingerprint density at radius 2 is 2.04 bits per heavy atom. The zero-order valence-electron chi connectivity index (χ0n) is 12.9. The van der Waals surface area contributed by atoms with E-state index in [0.717, 1.165) is 12.5 Å². The Bertz CT molecular complexity index is 862. The first-order chi connectivity index (χ1) is 11.5. The van der Waals surface area contributed by atoms with E-state index in [2.05, 4.69) is 4.98 Å². The van der Waals surface area contributed by atoms with Crippen LogP contribution >= 0.6 is 0 Å². The van der Waals surface area contributed by atoms with E-state index in [4.69, 9.17) is 5.11 Å². The monoisotopic (exact) mass is 334 g/mol. The Balaban J connectivity index is 1.95. The van der Waals surface area contributed by atoms with Crippen molar-refractivity contribution in [2.24, 2.45) is 0 Å². The normalized spacial score (nSPS) is 13.1. The number of halogens is 2. The highest BCUT2D eigenvalue weighted by Gasteiger charge is 2.22. The largest absolute Gasteiger partial charge is 0.480 e. The van der Waals surface area contributed by atoms with Crippen LogP contribution in [0.4, 0.5) is 8.78 Å². The summed E-state index contributed by atoms with van der Waals surface area (Å²) >= 11 is 0. The predicted molar refractivity (Wildman–Crippen MR) is 81.9 cm³/mol. The van der Waals surface area contributed by atoms with Crippen LogP contribution in [0, 0.1) is 11.6 Å². The van der Waals surface area contributed by atoms with Gasteiger partial charge in [-0.25, -0.2) is 8.78 Å². The minimum Gasteiger partial charge on any atom is -0.480 e. The highest BCUT2D eigenvalue weighted by atomic mass is 19.2. The molecule has 0 saturated carbocycles. The molecule has 1 N–H and O–H groups in total. The zero-order chi connectivity index (χ0) is 17.3. The van der Waals surface area contributed by atoms with Crippen LogP contribution in [-0.4, -0.2) is 20.6 Å². The van der Waals surface area contributed by atoms with E-state index >= 15 is 0 Å². The van der Waals surface area contributed by atoms with Gasteiger partial charge in [0.25, 0.3) is 5.56 Å². The first-order valence-corrected chi connectivity index (χ1v) is 7.73. The van der Waals surface area contributed by atoms with Gasteiger partial charge in [-0.3, -0.25) is 9.59 Å². The fourth-order valence-electron chi connectivity index (χ4n) is 3.16. The van der Waals surface area contributed by atoms with Crippen LogP contribution in [0.25, 0.3) is 0 Å². The number of carboxylic acid groups (broad SMARTS) is 1. The van der Waals surface area contributed by atoms with E-state index in [1.54, 1.807) is 0 Å². The smallest absolute Gasteiger partial charge is 0.323 e. The highest BCUT2D eigenvalue weighted by Crippen LogP contribution is 2.20. The van der Waals surface area contributed by atoms with Gasteiger partial charge in [-0.2, -0.15) is 4.98 Å². The molecule has 3 rings (SSSR count). The number of rotatable bonds is 5. The van der Waals surface area contributed by atoms with Crippen LogP contribution in [0.5, 0.6) is 0 Å². The number of benzene rings is 1. The van der Waals surface area contributed by atoms with Gasteiger partial charge in [0.2, 0.25) is 0 Å². The summed E-state index contributed by atoms with van der Waals surface area (Å²) in [5.41, 5.74) is 1.09. The molecule has 0 aliphatic heterocycles. The molecule has 126 valence electrons. The van der Waals surface area contributed by atoms with E-state index in [1.807, 2.05) is 0 Å². The standard InChI is InChI=1S/C17H16F2N2O3/c18-12-5-1-3-10(16(12)19)7-8-14-20-17(24)11-4-2-6-13(11)21(14)9-15(22)23/h1,3,5H,2,4,6-9H2,(H,22,23). The van der Waals surface area contributed by atoms with Gasteiger partial charge in [0.05, 0.1) is 0 Å². The summed E-state index contributed by atoms with van der Waals surface area (Å²) in [7, 11) is 0. The molecule has 0 unspecified atom stereocenters. The minimum atomic E-state index is -1.03. The number of hydrogen-bond donors (Lipinski definition) is 1. The Morgan fingerprint density at radius 1 is 1.25 bits per heavy atom. The van der Waals surface area contributed by atoms with Crippen molar-refractivity contribution in [3.05, 3.63) is 62.8 Å². The van der Waals surface area contributed by atoms with Crippen molar-refractivity contribution >= 4 is 5.97 Å². The lowest BCUT2D eigenvalue weighted by Crippen LogP contribution is -2.26. The lowest BCUT2D eigenvalue weighted by Gasteiger charge is -2.15.